The molecule has 1 aliphatic heterocycles. The zero-order valence-electron chi connectivity index (χ0n) is 12.3. The van der Waals surface area contributed by atoms with Crippen LogP contribution < -0.4 is 0 Å². The van der Waals surface area contributed by atoms with E-state index in [1.54, 1.807) is 12.1 Å². The van der Waals surface area contributed by atoms with Gasteiger partial charge in [-0.25, -0.2) is 8.42 Å². The molecular weight excluding hydrogens is 310 g/mol. The minimum Gasteiger partial charge on any atom is -0.422 e. The number of carbonyl (C=O) groups excluding carboxylic acids is 2. The van der Waals surface area contributed by atoms with E-state index in [0.717, 1.165) is 12.5 Å². The predicted octanol–water partition coefficient (Wildman–Crippen LogP) is 1.24. The highest BCUT2D eigenvalue weighted by Crippen LogP contribution is 2.26. The van der Waals surface area contributed by atoms with Crippen LogP contribution in [0.5, 0.6) is 0 Å². The molecule has 1 saturated heterocycles. The van der Waals surface area contributed by atoms with Crippen LogP contribution in [0.3, 0.4) is 0 Å². The normalized spacial score (nSPS) is 19.0. The maximum atomic E-state index is 11.8. The minimum atomic E-state index is -3.48. The van der Waals surface area contributed by atoms with Gasteiger partial charge in [-0.15, -0.1) is 0 Å². The van der Waals surface area contributed by atoms with Crippen LogP contribution in [0, 0.1) is 5.92 Å². The second-order valence-corrected chi connectivity index (χ2v) is 7.22. The first-order valence-corrected chi connectivity index (χ1v) is 8.28. The number of aliphatic imine (C=N–C) groups is 1. The Morgan fingerprint density at radius 3 is 2.23 bits per heavy atom. The Labute approximate surface area is 127 Å². The summed E-state index contributed by atoms with van der Waals surface area (Å²) in [5, 5.41) is 0. The Morgan fingerprint density at radius 2 is 1.68 bits per heavy atom. The van der Waals surface area contributed by atoms with Gasteiger partial charge in [-0.2, -0.15) is 0 Å². The number of ether oxygens (including phenoxy) is 2. The molecule has 118 valence electrons. The lowest BCUT2D eigenvalue weighted by atomic mass is 10.1. The maximum Gasteiger partial charge on any atom is 0.329 e. The zero-order valence-corrected chi connectivity index (χ0v) is 13.1. The largest absolute Gasteiger partial charge is 0.422 e. The van der Waals surface area contributed by atoms with E-state index in [1.807, 2.05) is 0 Å². The van der Waals surface area contributed by atoms with Gasteiger partial charge in [0.15, 0.2) is 15.8 Å². The Kier molecular flexibility index (Phi) is 4.06. The van der Waals surface area contributed by atoms with Crippen LogP contribution in [0.25, 0.3) is 0 Å². The molecule has 1 fully saturated rings. The summed E-state index contributed by atoms with van der Waals surface area (Å²) in [4.78, 5) is 27.5. The Morgan fingerprint density at radius 1 is 1.14 bits per heavy atom. The number of esters is 2. The highest BCUT2D eigenvalue weighted by Gasteiger charge is 2.42. The number of benzene rings is 1. The Hall–Kier alpha value is -2.22. The van der Waals surface area contributed by atoms with Crippen molar-refractivity contribution in [2.75, 3.05) is 6.26 Å². The van der Waals surface area contributed by atoms with Crippen LogP contribution in [0.15, 0.2) is 34.2 Å². The van der Waals surface area contributed by atoms with Gasteiger partial charge in [0.05, 0.1) is 10.6 Å². The standard InChI is InChI=1S/C14H15NO6S/c1-14(2)20-12(16)9(13(17)21-14)8-15-10-6-4-5-7-11(10)22(3,18)19/h4-9H,1-3H3. The third-order valence-corrected chi connectivity index (χ3v) is 3.97. The van der Waals surface area contributed by atoms with Gasteiger partial charge in [0, 0.05) is 26.3 Å². The SMILES string of the molecule is CC1(C)OC(=O)C(C=Nc2ccccc2S(C)(=O)=O)C(=O)O1. The van der Waals surface area contributed by atoms with Crippen LogP contribution in [-0.4, -0.2) is 38.6 Å². The molecule has 22 heavy (non-hydrogen) atoms. The van der Waals surface area contributed by atoms with Gasteiger partial charge in [0.1, 0.15) is 0 Å². The number of hydrogen-bond donors (Lipinski definition) is 0. The molecule has 7 nitrogen and oxygen atoms in total. The number of rotatable bonds is 3. The first-order valence-electron chi connectivity index (χ1n) is 6.39. The first-order chi connectivity index (χ1) is 10.1. The zero-order chi connectivity index (χ0) is 16.5. The van der Waals surface area contributed by atoms with E-state index in [9.17, 15) is 18.0 Å². The van der Waals surface area contributed by atoms with Gasteiger partial charge in [-0.1, -0.05) is 12.1 Å². The van der Waals surface area contributed by atoms with E-state index in [1.165, 1.54) is 26.0 Å². The monoisotopic (exact) mass is 325 g/mol. The van der Waals surface area contributed by atoms with Crippen molar-refractivity contribution >= 4 is 33.7 Å². The van der Waals surface area contributed by atoms with Gasteiger partial charge >= 0.3 is 11.9 Å². The van der Waals surface area contributed by atoms with Crippen molar-refractivity contribution in [2.45, 2.75) is 24.5 Å². The lowest BCUT2D eigenvalue weighted by Gasteiger charge is -2.31. The van der Waals surface area contributed by atoms with Crippen molar-refractivity contribution in [2.24, 2.45) is 10.9 Å². The molecule has 2 rings (SSSR count). The molecule has 0 amide bonds. The second kappa shape index (κ2) is 5.53. The molecule has 8 heteroatoms. The molecule has 0 aliphatic carbocycles. The molecule has 0 aromatic heterocycles. The Balaban J connectivity index is 2.31. The van der Waals surface area contributed by atoms with Gasteiger partial charge in [0.25, 0.3) is 5.79 Å². The second-order valence-electron chi connectivity index (χ2n) is 5.24. The fraction of sp³-hybridized carbons (Fsp3) is 0.357. The summed E-state index contributed by atoms with van der Waals surface area (Å²) in [6.07, 6.45) is 2.08. The van der Waals surface area contributed by atoms with Crippen molar-refractivity contribution in [1.29, 1.82) is 0 Å². The molecule has 0 spiro atoms. The molecule has 0 radical (unpaired) electrons. The highest BCUT2D eigenvalue weighted by atomic mass is 32.2. The van der Waals surface area contributed by atoms with Gasteiger partial charge in [-0.05, 0) is 12.1 Å². The fourth-order valence-corrected chi connectivity index (χ4v) is 2.71. The first kappa shape index (κ1) is 16.2. The lowest BCUT2D eigenvalue weighted by molar-refractivity contribution is -0.235. The maximum absolute atomic E-state index is 11.8. The summed E-state index contributed by atoms with van der Waals surface area (Å²) in [6.45, 7) is 2.88. The van der Waals surface area contributed by atoms with Gasteiger partial charge in [0.2, 0.25) is 0 Å². The van der Waals surface area contributed by atoms with Crippen LogP contribution in [0.2, 0.25) is 0 Å². The van der Waals surface area contributed by atoms with E-state index >= 15 is 0 Å². The van der Waals surface area contributed by atoms with Gasteiger partial charge in [-0.3, -0.25) is 14.6 Å². The number of sulfone groups is 1. The van der Waals surface area contributed by atoms with Gasteiger partial charge < -0.3 is 9.47 Å². The average molecular weight is 325 g/mol. The van der Waals surface area contributed by atoms with Crippen LogP contribution in [0.1, 0.15) is 13.8 Å². The molecule has 0 bridgehead atoms. The van der Waals surface area contributed by atoms with Crippen LogP contribution in [-0.2, 0) is 28.9 Å². The molecule has 1 aromatic rings. The number of nitrogens with zero attached hydrogens (tertiary/aromatic N) is 1. The Bertz CT molecular complexity index is 730. The minimum absolute atomic E-state index is 0.00382. The topological polar surface area (TPSA) is 99.1 Å². The lowest BCUT2D eigenvalue weighted by Crippen LogP contribution is -2.46. The van der Waals surface area contributed by atoms with Crippen molar-refractivity contribution in [3.05, 3.63) is 24.3 Å². The average Bonchev–Trinajstić information content (AvgIpc) is 2.35. The van der Waals surface area contributed by atoms with E-state index in [-0.39, 0.29) is 10.6 Å². The molecule has 1 heterocycles. The molecule has 1 aromatic carbocycles. The summed E-state index contributed by atoms with van der Waals surface area (Å²) in [5.74, 6) is -4.22. The quantitative estimate of drug-likeness (QED) is 0.471. The van der Waals surface area contributed by atoms with Crippen molar-refractivity contribution in [1.82, 2.24) is 0 Å². The smallest absolute Gasteiger partial charge is 0.329 e. The summed E-state index contributed by atoms with van der Waals surface area (Å²) in [5.41, 5.74) is 0.135. The van der Waals surface area contributed by atoms with Crippen LogP contribution in [0.4, 0.5) is 5.69 Å². The number of para-hydroxylation sites is 1. The molecule has 0 atom stereocenters. The summed E-state index contributed by atoms with van der Waals surface area (Å²) < 4.78 is 33.2. The van der Waals surface area contributed by atoms with E-state index < -0.39 is 33.5 Å². The van der Waals surface area contributed by atoms with Crippen molar-refractivity contribution in [3.8, 4) is 0 Å². The summed E-state index contributed by atoms with van der Waals surface area (Å²) in [6, 6.07) is 6.02. The predicted molar refractivity (Wildman–Crippen MR) is 77.5 cm³/mol. The summed E-state index contributed by atoms with van der Waals surface area (Å²) in [7, 11) is -3.48. The number of cyclic esters (lactones) is 2. The van der Waals surface area contributed by atoms with E-state index in [0.29, 0.717) is 0 Å². The summed E-state index contributed by atoms with van der Waals surface area (Å²) >= 11 is 0. The third kappa shape index (κ3) is 3.51. The van der Waals surface area contributed by atoms with E-state index in [4.69, 9.17) is 9.47 Å². The van der Waals surface area contributed by atoms with Crippen molar-refractivity contribution < 1.29 is 27.5 Å². The van der Waals surface area contributed by atoms with Crippen LogP contribution >= 0.6 is 0 Å². The molecule has 0 N–H and O–H groups in total. The molecule has 0 saturated carbocycles. The number of carbonyl (C=O) groups is 2. The highest BCUT2D eigenvalue weighted by molar-refractivity contribution is 7.90. The molecular formula is C14H15NO6S. The molecule has 0 unspecified atom stereocenters. The third-order valence-electron chi connectivity index (χ3n) is 2.83. The number of hydrogen-bond acceptors (Lipinski definition) is 7. The van der Waals surface area contributed by atoms with E-state index in [2.05, 4.69) is 4.99 Å². The van der Waals surface area contributed by atoms with Crippen molar-refractivity contribution in [3.63, 3.8) is 0 Å². The molecule has 1 aliphatic rings. The fourth-order valence-electron chi connectivity index (χ4n) is 1.88.